The standard InChI is InChI=1S/C18H14ClN7O5/c19-13-3-1-2-4-14(13)22-17-16(26(30)31)18(21-10-20-17)24-23-15(27)9-11-5-7-12(8-6-11)25(28)29/h1-8,10H,9H2,(H,23,27)(H2,20,21,22,24). The molecule has 0 aliphatic heterocycles. The molecule has 0 saturated carbocycles. The third-order valence-corrected chi connectivity index (χ3v) is 4.29. The van der Waals surface area contributed by atoms with Crippen LogP contribution in [0.4, 0.5) is 28.7 Å². The van der Waals surface area contributed by atoms with Crippen molar-refractivity contribution in [1.29, 1.82) is 0 Å². The fourth-order valence-electron chi connectivity index (χ4n) is 2.52. The number of nitrogens with one attached hydrogen (secondary N) is 3. The average molecular weight is 444 g/mol. The Kier molecular flexibility index (Phi) is 6.52. The van der Waals surface area contributed by atoms with Gasteiger partial charge in [-0.1, -0.05) is 35.9 Å². The highest BCUT2D eigenvalue weighted by atomic mass is 35.5. The van der Waals surface area contributed by atoms with Crippen LogP contribution in [-0.4, -0.2) is 25.7 Å². The third kappa shape index (κ3) is 5.39. The quantitative estimate of drug-likeness (QED) is 0.349. The van der Waals surface area contributed by atoms with E-state index in [9.17, 15) is 25.0 Å². The summed E-state index contributed by atoms with van der Waals surface area (Å²) in [4.78, 5) is 40.9. The number of nitro groups is 2. The highest BCUT2D eigenvalue weighted by Gasteiger charge is 2.24. The van der Waals surface area contributed by atoms with E-state index in [-0.39, 0.29) is 23.7 Å². The number of non-ortho nitro benzene ring substituents is 1. The third-order valence-electron chi connectivity index (χ3n) is 3.96. The van der Waals surface area contributed by atoms with Crippen molar-refractivity contribution in [2.45, 2.75) is 6.42 Å². The summed E-state index contributed by atoms with van der Waals surface area (Å²) in [6.45, 7) is 0. The van der Waals surface area contributed by atoms with Gasteiger partial charge in [0, 0.05) is 12.1 Å². The molecule has 1 aromatic heterocycles. The monoisotopic (exact) mass is 443 g/mol. The molecule has 0 bridgehead atoms. The molecule has 0 unspecified atom stereocenters. The summed E-state index contributed by atoms with van der Waals surface area (Å²) >= 11 is 6.07. The van der Waals surface area contributed by atoms with Gasteiger partial charge in [-0.3, -0.25) is 35.9 Å². The van der Waals surface area contributed by atoms with E-state index in [0.29, 0.717) is 16.3 Å². The fraction of sp³-hybridized carbons (Fsp3) is 0.0556. The topological polar surface area (TPSA) is 165 Å². The minimum atomic E-state index is -0.704. The van der Waals surface area contributed by atoms with Crippen LogP contribution in [0.3, 0.4) is 0 Å². The Bertz CT molecular complexity index is 1140. The predicted octanol–water partition coefficient (Wildman–Crippen LogP) is 3.38. The van der Waals surface area contributed by atoms with Gasteiger partial charge < -0.3 is 5.32 Å². The number of halogens is 1. The van der Waals surface area contributed by atoms with Crippen LogP contribution in [0.1, 0.15) is 5.56 Å². The molecule has 0 atom stereocenters. The van der Waals surface area contributed by atoms with E-state index in [1.54, 1.807) is 24.3 Å². The Labute approximate surface area is 179 Å². The smallest absolute Gasteiger partial charge is 0.333 e. The SMILES string of the molecule is O=C(Cc1ccc([N+](=O)[O-])cc1)NNc1ncnc(Nc2ccccc2Cl)c1[N+](=O)[O-]. The summed E-state index contributed by atoms with van der Waals surface area (Å²) in [6.07, 6.45) is 0.964. The molecular weight excluding hydrogens is 430 g/mol. The number of hydrazine groups is 1. The van der Waals surface area contributed by atoms with Crippen molar-refractivity contribution < 1.29 is 14.6 Å². The first-order valence-electron chi connectivity index (χ1n) is 8.64. The molecule has 13 heteroatoms. The molecule has 1 heterocycles. The molecule has 0 aliphatic carbocycles. The zero-order chi connectivity index (χ0) is 22.4. The van der Waals surface area contributed by atoms with Gasteiger partial charge in [-0.05, 0) is 17.7 Å². The minimum Gasteiger partial charge on any atom is -0.333 e. The van der Waals surface area contributed by atoms with Crippen LogP contribution >= 0.6 is 11.6 Å². The van der Waals surface area contributed by atoms with E-state index < -0.39 is 21.4 Å². The molecule has 2 aromatic carbocycles. The van der Waals surface area contributed by atoms with Gasteiger partial charge in [0.15, 0.2) is 0 Å². The van der Waals surface area contributed by atoms with E-state index in [0.717, 1.165) is 6.33 Å². The first-order valence-corrected chi connectivity index (χ1v) is 9.02. The summed E-state index contributed by atoms with van der Waals surface area (Å²) in [5, 5.41) is 25.4. The van der Waals surface area contributed by atoms with E-state index >= 15 is 0 Å². The second kappa shape index (κ2) is 9.45. The highest BCUT2D eigenvalue weighted by Crippen LogP contribution is 2.32. The van der Waals surface area contributed by atoms with Crippen LogP contribution < -0.4 is 16.2 Å². The van der Waals surface area contributed by atoms with Crippen molar-refractivity contribution in [3.05, 3.63) is 85.7 Å². The second-order valence-corrected chi connectivity index (χ2v) is 6.46. The Balaban J connectivity index is 1.72. The summed E-state index contributed by atoms with van der Waals surface area (Å²) in [5.41, 5.74) is 5.04. The Morgan fingerprint density at radius 2 is 1.65 bits per heavy atom. The van der Waals surface area contributed by atoms with Gasteiger partial charge in [-0.15, -0.1) is 0 Å². The molecule has 0 saturated heterocycles. The van der Waals surface area contributed by atoms with Crippen LogP contribution in [0.25, 0.3) is 0 Å². The van der Waals surface area contributed by atoms with Crippen molar-refractivity contribution in [2.24, 2.45) is 0 Å². The van der Waals surface area contributed by atoms with E-state index in [1.807, 2.05) is 0 Å². The molecule has 3 N–H and O–H groups in total. The van der Waals surface area contributed by atoms with Crippen molar-refractivity contribution in [3.8, 4) is 0 Å². The molecule has 0 radical (unpaired) electrons. The molecule has 31 heavy (non-hydrogen) atoms. The van der Waals surface area contributed by atoms with Gasteiger partial charge in [0.05, 0.1) is 27.0 Å². The first-order chi connectivity index (χ1) is 14.8. The molecule has 3 rings (SSSR count). The number of aromatic nitrogens is 2. The number of nitro benzene ring substituents is 1. The van der Waals surface area contributed by atoms with Crippen LogP contribution in [0.15, 0.2) is 54.9 Å². The lowest BCUT2D eigenvalue weighted by molar-refractivity contribution is -0.384. The molecule has 3 aromatic rings. The fourth-order valence-corrected chi connectivity index (χ4v) is 2.70. The number of benzene rings is 2. The maximum atomic E-state index is 12.2. The number of anilines is 3. The molecule has 0 spiro atoms. The van der Waals surface area contributed by atoms with Gasteiger partial charge >= 0.3 is 5.69 Å². The zero-order valence-electron chi connectivity index (χ0n) is 15.6. The number of carbonyl (C=O) groups excluding carboxylic acids is 1. The number of hydrogen-bond acceptors (Lipinski definition) is 9. The molecule has 12 nitrogen and oxygen atoms in total. The number of rotatable bonds is 8. The summed E-state index contributed by atoms with van der Waals surface area (Å²) < 4.78 is 0. The van der Waals surface area contributed by atoms with Crippen molar-refractivity contribution in [3.63, 3.8) is 0 Å². The Morgan fingerprint density at radius 1 is 0.968 bits per heavy atom. The summed E-state index contributed by atoms with van der Waals surface area (Å²) in [6, 6.07) is 12.1. The summed E-state index contributed by atoms with van der Waals surface area (Å²) in [5.74, 6) is -0.908. The lowest BCUT2D eigenvalue weighted by Gasteiger charge is -2.11. The van der Waals surface area contributed by atoms with Gasteiger partial charge in [0.1, 0.15) is 6.33 Å². The van der Waals surface area contributed by atoms with Gasteiger partial charge in [-0.25, -0.2) is 9.97 Å². The largest absolute Gasteiger partial charge is 0.355 e. The van der Waals surface area contributed by atoms with E-state index in [2.05, 4.69) is 26.1 Å². The number of amides is 1. The van der Waals surface area contributed by atoms with Crippen molar-refractivity contribution in [2.75, 3.05) is 10.7 Å². The van der Waals surface area contributed by atoms with Crippen LogP contribution in [-0.2, 0) is 11.2 Å². The molecular formula is C18H14ClN7O5. The van der Waals surface area contributed by atoms with Gasteiger partial charge in [-0.2, -0.15) is 0 Å². The predicted molar refractivity (Wildman–Crippen MR) is 112 cm³/mol. The number of para-hydroxylation sites is 1. The lowest BCUT2D eigenvalue weighted by atomic mass is 10.1. The molecule has 0 aliphatic rings. The highest BCUT2D eigenvalue weighted by molar-refractivity contribution is 6.33. The van der Waals surface area contributed by atoms with Gasteiger partial charge in [0.2, 0.25) is 17.5 Å². The zero-order valence-corrected chi connectivity index (χ0v) is 16.4. The van der Waals surface area contributed by atoms with Crippen LogP contribution in [0.5, 0.6) is 0 Å². The van der Waals surface area contributed by atoms with E-state index in [4.69, 9.17) is 11.6 Å². The van der Waals surface area contributed by atoms with Crippen LogP contribution in [0.2, 0.25) is 5.02 Å². The molecule has 158 valence electrons. The number of nitrogens with zero attached hydrogens (tertiary/aromatic N) is 4. The van der Waals surface area contributed by atoms with E-state index in [1.165, 1.54) is 24.3 Å². The van der Waals surface area contributed by atoms with Crippen molar-refractivity contribution >= 4 is 46.2 Å². The molecule has 0 fully saturated rings. The summed E-state index contributed by atoms with van der Waals surface area (Å²) in [7, 11) is 0. The average Bonchev–Trinajstić information content (AvgIpc) is 2.74. The van der Waals surface area contributed by atoms with Gasteiger partial charge in [0.25, 0.3) is 5.69 Å². The Morgan fingerprint density at radius 3 is 2.29 bits per heavy atom. The maximum absolute atomic E-state index is 12.2. The number of carbonyl (C=O) groups is 1. The Hall–Kier alpha value is -4.32. The normalized spacial score (nSPS) is 10.2. The van der Waals surface area contributed by atoms with Crippen LogP contribution in [0, 0.1) is 20.2 Å². The lowest BCUT2D eigenvalue weighted by Crippen LogP contribution is -2.31. The van der Waals surface area contributed by atoms with Crippen molar-refractivity contribution in [1.82, 2.24) is 15.4 Å². The number of hydrogen-bond donors (Lipinski definition) is 3. The minimum absolute atomic E-state index is 0.0996. The molecule has 1 amide bonds. The maximum Gasteiger partial charge on any atom is 0.355 e. The first kappa shape index (κ1) is 21.4. The second-order valence-electron chi connectivity index (χ2n) is 6.05.